The summed E-state index contributed by atoms with van der Waals surface area (Å²) in [6, 6.07) is 11.5. The third kappa shape index (κ3) is 16.5. The number of carbonyl (C=O) groups is 7. The maximum Gasteiger partial charge on any atom is 0.335 e. The normalized spacial score (nSPS) is 23.8. The minimum atomic E-state index is -1.95. The van der Waals surface area contributed by atoms with E-state index in [2.05, 4.69) is 20.9 Å². The van der Waals surface area contributed by atoms with Gasteiger partial charge in [-0.25, -0.2) is 9.78 Å². The number of aliphatic carboxylic acids is 2. The number of likely N-dealkylation sites (tertiary alicyclic amines) is 1. The van der Waals surface area contributed by atoms with Crippen molar-refractivity contribution >= 4 is 58.6 Å². The number of esters is 1. The predicted octanol–water partition coefficient (Wildman–Crippen LogP) is 3.36. The van der Waals surface area contributed by atoms with Crippen molar-refractivity contribution in [2.75, 3.05) is 32.5 Å². The van der Waals surface area contributed by atoms with Gasteiger partial charge in [0.05, 0.1) is 25.2 Å². The number of rotatable bonds is 26. The Hall–Kier alpha value is -6.08. The van der Waals surface area contributed by atoms with E-state index in [1.165, 1.54) is 13.0 Å². The lowest BCUT2D eigenvalue weighted by Crippen LogP contribution is -2.63. The summed E-state index contributed by atoms with van der Waals surface area (Å²) in [6.07, 6.45) is -7.18. The third-order valence-corrected chi connectivity index (χ3v) is 15.6. The molecule has 3 aromatic rings. The van der Waals surface area contributed by atoms with E-state index < -0.39 is 96.6 Å². The number of aromatic nitrogens is 1. The fraction of sp³-hybridized carbons (Fsp3) is 0.593. The first-order valence-electron chi connectivity index (χ1n) is 26.2. The van der Waals surface area contributed by atoms with Gasteiger partial charge in [-0.05, 0) is 61.3 Å². The fourth-order valence-corrected chi connectivity index (χ4v) is 10.9. The van der Waals surface area contributed by atoms with Gasteiger partial charge in [0.15, 0.2) is 18.2 Å². The Morgan fingerprint density at radius 2 is 1.64 bits per heavy atom. The average molecular weight is 1100 g/mol. The topological polar surface area (TPSA) is 327 Å². The second kappa shape index (κ2) is 28.0. The summed E-state index contributed by atoms with van der Waals surface area (Å²) >= 11 is 1.12. The van der Waals surface area contributed by atoms with E-state index in [-0.39, 0.29) is 77.6 Å². The van der Waals surface area contributed by atoms with Crippen LogP contribution in [0, 0.1) is 17.8 Å². The van der Waals surface area contributed by atoms with Crippen molar-refractivity contribution in [3.63, 3.8) is 0 Å². The zero-order valence-electron chi connectivity index (χ0n) is 45.1. The molecule has 2 aliphatic heterocycles. The molecule has 5 rings (SSSR count). The smallest absolute Gasteiger partial charge is 0.335 e. The Morgan fingerprint density at radius 3 is 2.26 bits per heavy atom. The molecule has 0 bridgehead atoms. The summed E-state index contributed by atoms with van der Waals surface area (Å²) in [4.78, 5) is 98.6. The van der Waals surface area contributed by atoms with Crippen LogP contribution in [-0.4, -0.2) is 163 Å². The van der Waals surface area contributed by atoms with Crippen LogP contribution in [0.2, 0.25) is 0 Å². The predicted molar refractivity (Wildman–Crippen MR) is 283 cm³/mol. The molecule has 13 atom stereocenters. The van der Waals surface area contributed by atoms with E-state index >= 15 is 0 Å². The molecular formula is C54H78N7O15S+. The van der Waals surface area contributed by atoms with Gasteiger partial charge in [-0.2, -0.15) is 0 Å². The van der Waals surface area contributed by atoms with Gasteiger partial charge >= 0.3 is 17.9 Å². The van der Waals surface area contributed by atoms with Crippen LogP contribution >= 0.6 is 11.3 Å². The first-order valence-corrected chi connectivity index (χ1v) is 27.1. The highest BCUT2D eigenvalue weighted by Crippen LogP contribution is 2.35. The largest absolute Gasteiger partial charge is 0.481 e. The average Bonchev–Trinajstić information content (AvgIpc) is 3.89. The van der Waals surface area contributed by atoms with Gasteiger partial charge in [-0.1, -0.05) is 71.4 Å². The number of carboxylic acid groups (broad SMARTS) is 2. The number of quaternary nitrogens is 1. The Kier molecular flexibility index (Phi) is 22.5. The lowest BCUT2D eigenvalue weighted by molar-refractivity contribution is -0.942. The van der Waals surface area contributed by atoms with E-state index in [1.807, 2.05) is 65.1 Å². The molecule has 4 amide bonds. The molecule has 2 fully saturated rings. The second-order valence-electron chi connectivity index (χ2n) is 21.0. The molecule has 77 heavy (non-hydrogen) atoms. The quantitative estimate of drug-likeness (QED) is 0.0411. The van der Waals surface area contributed by atoms with Crippen LogP contribution in [0.1, 0.15) is 119 Å². The number of hydrogen-bond donors (Lipinski definition) is 9. The number of aliphatic hydroxyl groups is 3. The van der Waals surface area contributed by atoms with Crippen molar-refractivity contribution in [3.05, 3.63) is 75.7 Å². The first kappa shape index (κ1) is 61.8. The molecule has 0 aliphatic carbocycles. The number of nitrogens with zero attached hydrogens (tertiary/aromatic N) is 3. The SMILES string of the molecule is CC[C@H](C)[C@H](NC(=O)[C@H]1CCCC[N+]1(C)Cc1ccc(O[C@@H]2O[C@H](C(=O)O)[C@@H](O)[C@H](O)[C@H]2O)c(NC(=O)CCN)c1)C(=O)N(C)[C@H](C[C@@H](OC(C)=O)c1nc(C(=O)N[C@@H](Cc2ccccc2)C[C@H](C)C(=O)O)cs1)C(C)C. The number of thiazole rings is 1. The van der Waals surface area contributed by atoms with Gasteiger partial charge in [0.2, 0.25) is 18.1 Å². The number of nitrogens with two attached hydrogens (primary N) is 1. The lowest BCUT2D eigenvalue weighted by Gasteiger charge is -2.44. The van der Waals surface area contributed by atoms with Crippen LogP contribution in [0.4, 0.5) is 5.69 Å². The van der Waals surface area contributed by atoms with E-state index in [1.54, 1.807) is 36.4 Å². The molecule has 0 radical (unpaired) electrons. The second-order valence-corrected chi connectivity index (χ2v) is 21.9. The van der Waals surface area contributed by atoms with E-state index in [0.29, 0.717) is 36.4 Å². The zero-order chi connectivity index (χ0) is 56.9. The van der Waals surface area contributed by atoms with E-state index in [9.17, 15) is 59.1 Å². The number of hydrogen-bond acceptors (Lipinski definition) is 16. The molecule has 23 heteroatoms. The summed E-state index contributed by atoms with van der Waals surface area (Å²) in [7, 11) is 3.60. The highest BCUT2D eigenvalue weighted by Gasteiger charge is 2.49. The number of aliphatic hydroxyl groups excluding tert-OH is 3. The Bertz CT molecular complexity index is 2520. The Labute approximate surface area is 453 Å². The summed E-state index contributed by atoms with van der Waals surface area (Å²) < 4.78 is 17.3. The third-order valence-electron chi connectivity index (χ3n) is 14.6. The number of carboxylic acids is 2. The molecule has 0 saturated carbocycles. The molecule has 3 heterocycles. The minimum absolute atomic E-state index is 0.0249. The molecule has 2 aliphatic rings. The fourth-order valence-electron chi connectivity index (χ4n) is 10.0. The lowest BCUT2D eigenvalue weighted by atomic mass is 9.92. The number of amides is 4. The molecule has 0 spiro atoms. The van der Waals surface area contributed by atoms with Crippen LogP contribution in [-0.2, 0) is 51.2 Å². The molecule has 2 saturated heterocycles. The van der Waals surface area contributed by atoms with Crippen molar-refractivity contribution in [2.45, 2.75) is 160 Å². The number of ether oxygens (including phenoxy) is 3. The number of anilines is 1. The van der Waals surface area contributed by atoms with Crippen LogP contribution < -0.4 is 26.4 Å². The Morgan fingerprint density at radius 1 is 0.935 bits per heavy atom. The van der Waals surface area contributed by atoms with Gasteiger partial charge in [0, 0.05) is 62.8 Å². The van der Waals surface area contributed by atoms with E-state index in [0.717, 1.165) is 29.7 Å². The number of carbonyl (C=O) groups excluding carboxylic acids is 5. The number of likely N-dealkylation sites (N-methyl/N-ethyl adjacent to an activating group) is 2. The van der Waals surface area contributed by atoms with Gasteiger partial charge < -0.3 is 70.8 Å². The molecule has 2 aromatic carbocycles. The van der Waals surface area contributed by atoms with Crippen molar-refractivity contribution in [1.82, 2.24) is 20.5 Å². The molecule has 1 unspecified atom stereocenters. The number of piperidine rings is 1. The zero-order valence-corrected chi connectivity index (χ0v) is 45.9. The summed E-state index contributed by atoms with van der Waals surface area (Å²) in [5, 5.41) is 61.2. The van der Waals surface area contributed by atoms with Crippen LogP contribution in [0.5, 0.6) is 5.75 Å². The van der Waals surface area contributed by atoms with Crippen molar-refractivity contribution in [2.24, 2.45) is 23.5 Å². The van der Waals surface area contributed by atoms with E-state index in [4.69, 9.17) is 19.9 Å². The number of nitrogens with one attached hydrogen (secondary N) is 3. The van der Waals surface area contributed by atoms with Crippen molar-refractivity contribution < 1.29 is 77.8 Å². The van der Waals surface area contributed by atoms with Gasteiger partial charge in [0.1, 0.15) is 47.3 Å². The minimum Gasteiger partial charge on any atom is -0.481 e. The van der Waals surface area contributed by atoms with Crippen LogP contribution in [0.3, 0.4) is 0 Å². The summed E-state index contributed by atoms with van der Waals surface area (Å²) in [6.45, 7) is 11.4. The van der Waals surface area contributed by atoms with Crippen LogP contribution in [0.15, 0.2) is 53.9 Å². The molecule has 424 valence electrons. The first-order chi connectivity index (χ1) is 36.4. The summed E-state index contributed by atoms with van der Waals surface area (Å²) in [5.41, 5.74) is 7.41. The van der Waals surface area contributed by atoms with Crippen LogP contribution in [0.25, 0.3) is 0 Å². The monoisotopic (exact) mass is 1100 g/mol. The Balaban J connectivity index is 1.35. The number of benzene rings is 2. The maximum absolute atomic E-state index is 14.9. The molecule has 1 aromatic heterocycles. The van der Waals surface area contributed by atoms with Crippen molar-refractivity contribution in [1.29, 1.82) is 0 Å². The highest BCUT2D eigenvalue weighted by molar-refractivity contribution is 7.09. The van der Waals surface area contributed by atoms with Gasteiger partial charge in [-0.3, -0.25) is 28.8 Å². The maximum atomic E-state index is 14.9. The highest BCUT2D eigenvalue weighted by atomic mass is 32.1. The summed E-state index contributed by atoms with van der Waals surface area (Å²) in [5.74, 6) is -6.13. The standard InChI is InChI=1S/C54H77N7O15S/c1-9-30(4)43(51(69)60(7)38(29(2)3)26-41(74-32(6)62)50-58-37(28-77-50)48(67)56-35(23-31(5)52(70)71)24-33-15-11-10-12-16-33)59-49(68)39-17-13-14-22-61(39,8)27-34-18-19-40(36(25-34)57-42(63)20-21-55)75-54-46(66)44(64)45(65)47(76-54)53(72)73/h10-12,15-16,18-19,25,28-31,35,38-39,41,43-47,54,64-66H,9,13-14,17,20-24,26-27,55H2,1-8H3,(H4-,56,57,59,63,67,68,70,71,72,73)/p+1/t30-,31-,35+,38+,39+,41+,43-,44-,45-,46+,47-,54+,61?/m0/s1. The molecule has 10 N–H and O–H groups in total. The molecular weight excluding hydrogens is 1020 g/mol. The van der Waals surface area contributed by atoms with Gasteiger partial charge in [-0.15, -0.1) is 11.3 Å². The molecule has 22 nitrogen and oxygen atoms in total. The van der Waals surface area contributed by atoms with Crippen molar-refractivity contribution in [3.8, 4) is 5.75 Å². The van der Waals surface area contributed by atoms with Gasteiger partial charge in [0.25, 0.3) is 11.8 Å².